The lowest BCUT2D eigenvalue weighted by atomic mass is 10.2. The second-order valence-electron chi connectivity index (χ2n) is 6.96. The molecule has 1 aromatic carbocycles. The van der Waals surface area contributed by atoms with Gasteiger partial charge < -0.3 is 24.9 Å². The quantitative estimate of drug-likeness (QED) is 0.283. The molecule has 2 aromatic heterocycles. The number of hydrogen-bond acceptors (Lipinski definition) is 11. The number of thiazole rings is 2. The molecule has 3 aromatic rings. The number of rotatable bonds is 9. The van der Waals surface area contributed by atoms with E-state index in [1.807, 2.05) is 26.5 Å². The Morgan fingerprint density at radius 3 is 2.28 bits per heavy atom. The summed E-state index contributed by atoms with van der Waals surface area (Å²) in [5.41, 5.74) is -1.64. The van der Waals surface area contributed by atoms with Crippen molar-refractivity contribution < 1.29 is 32.6 Å². The Kier molecular flexibility index (Phi) is 14.2. The molecular formula is C22H27F3N4O4S3. The molecule has 198 valence electrons. The molecule has 0 unspecified atom stereocenters. The number of alkyl halides is 3. The van der Waals surface area contributed by atoms with Crippen LogP contribution in [0.3, 0.4) is 0 Å². The van der Waals surface area contributed by atoms with Gasteiger partial charge in [0, 0.05) is 30.3 Å². The van der Waals surface area contributed by atoms with Crippen molar-refractivity contribution in [2.75, 3.05) is 33.6 Å². The summed E-state index contributed by atoms with van der Waals surface area (Å²) in [4.78, 5) is 31.2. The summed E-state index contributed by atoms with van der Waals surface area (Å²) in [7, 11) is 7.17. The lowest BCUT2D eigenvalue weighted by Crippen LogP contribution is -2.11. The third-order valence-corrected chi connectivity index (χ3v) is 6.57. The monoisotopic (exact) mass is 564 g/mol. The summed E-state index contributed by atoms with van der Waals surface area (Å²) in [5.74, 6) is 0. The molecule has 2 N–H and O–H groups in total. The van der Waals surface area contributed by atoms with Gasteiger partial charge in [-0.05, 0) is 43.6 Å². The van der Waals surface area contributed by atoms with E-state index in [2.05, 4.69) is 24.9 Å². The molecule has 0 aliphatic carbocycles. The van der Waals surface area contributed by atoms with Crippen molar-refractivity contribution in [1.82, 2.24) is 14.9 Å². The van der Waals surface area contributed by atoms with E-state index in [1.54, 1.807) is 11.3 Å². The Morgan fingerprint density at radius 2 is 1.83 bits per heavy atom. The number of benzene rings is 1. The van der Waals surface area contributed by atoms with Crippen LogP contribution in [0.15, 0.2) is 34.5 Å². The van der Waals surface area contributed by atoms with Gasteiger partial charge >= 0.3 is 5.51 Å². The molecule has 14 heteroatoms. The van der Waals surface area contributed by atoms with Gasteiger partial charge in [0.1, 0.15) is 11.3 Å². The van der Waals surface area contributed by atoms with Gasteiger partial charge in [0.15, 0.2) is 5.13 Å². The topological polar surface area (TPSA) is 105 Å². The molecular weight excluding hydrogens is 537 g/mol. The van der Waals surface area contributed by atoms with E-state index in [0.29, 0.717) is 18.3 Å². The van der Waals surface area contributed by atoms with Crippen LogP contribution in [-0.4, -0.2) is 66.5 Å². The summed E-state index contributed by atoms with van der Waals surface area (Å²) >= 11 is 2.92. The van der Waals surface area contributed by atoms with Gasteiger partial charge in [0.25, 0.3) is 6.47 Å². The fourth-order valence-corrected chi connectivity index (χ4v) is 4.66. The van der Waals surface area contributed by atoms with Crippen LogP contribution < -0.4 is 5.32 Å². The Bertz CT molecular complexity index is 1060. The number of aliphatic hydroxyl groups is 1. The van der Waals surface area contributed by atoms with Crippen molar-refractivity contribution in [2.45, 2.75) is 30.0 Å². The maximum atomic E-state index is 11.9. The minimum Gasteiger partial charge on any atom is -0.471 e. The SMILES string of the molecule is CNc1nc(-c2sc(CO)nc2CN(C)C)cs1.COC=O.O=CCc1ccc(SC(F)(F)F)cc1. The largest absolute Gasteiger partial charge is 0.471 e. The predicted octanol–water partition coefficient (Wildman–Crippen LogP) is 4.69. The van der Waals surface area contributed by atoms with Gasteiger partial charge in [0.2, 0.25) is 0 Å². The highest BCUT2D eigenvalue weighted by atomic mass is 32.2. The first-order chi connectivity index (χ1) is 17.1. The Labute approximate surface area is 219 Å². The molecule has 3 rings (SSSR count). The molecule has 0 atom stereocenters. The van der Waals surface area contributed by atoms with Crippen LogP contribution in [0.25, 0.3) is 10.6 Å². The molecule has 0 radical (unpaired) electrons. The molecule has 36 heavy (non-hydrogen) atoms. The molecule has 0 fully saturated rings. The van der Waals surface area contributed by atoms with E-state index in [1.165, 1.54) is 42.7 Å². The normalized spacial score (nSPS) is 10.6. The van der Waals surface area contributed by atoms with Gasteiger partial charge in [0.05, 0.1) is 30.0 Å². The number of nitrogens with one attached hydrogen (secondary N) is 1. The van der Waals surface area contributed by atoms with Crippen molar-refractivity contribution in [3.63, 3.8) is 0 Å². The van der Waals surface area contributed by atoms with E-state index >= 15 is 0 Å². The van der Waals surface area contributed by atoms with Crippen LogP contribution in [0, 0.1) is 0 Å². The van der Waals surface area contributed by atoms with Gasteiger partial charge in [-0.15, -0.1) is 22.7 Å². The van der Waals surface area contributed by atoms with Crippen molar-refractivity contribution >= 4 is 52.3 Å². The fourth-order valence-electron chi connectivity index (χ4n) is 2.49. The zero-order valence-electron chi connectivity index (χ0n) is 20.0. The number of methoxy groups -OCH3 is 1. The number of halogens is 3. The van der Waals surface area contributed by atoms with Crippen LogP contribution in [0.2, 0.25) is 0 Å². The van der Waals surface area contributed by atoms with Crippen LogP contribution in [0.5, 0.6) is 0 Å². The van der Waals surface area contributed by atoms with E-state index in [0.717, 1.165) is 32.9 Å². The number of nitrogens with zero attached hydrogens (tertiary/aromatic N) is 3. The highest BCUT2D eigenvalue weighted by Gasteiger charge is 2.28. The van der Waals surface area contributed by atoms with Crippen LogP contribution in [0.4, 0.5) is 18.3 Å². The second kappa shape index (κ2) is 16.3. The third kappa shape index (κ3) is 11.9. The highest BCUT2D eigenvalue weighted by Crippen LogP contribution is 2.36. The van der Waals surface area contributed by atoms with Gasteiger partial charge in [-0.2, -0.15) is 13.2 Å². The summed E-state index contributed by atoms with van der Waals surface area (Å²) in [6.07, 6.45) is 0.947. The number of carbonyl (C=O) groups excluding carboxylic acids is 2. The molecule has 0 spiro atoms. The summed E-state index contributed by atoms with van der Waals surface area (Å²) < 4.78 is 39.6. The molecule has 0 saturated carbocycles. The average molecular weight is 565 g/mol. The van der Waals surface area contributed by atoms with Crippen molar-refractivity contribution in [3.8, 4) is 10.6 Å². The van der Waals surface area contributed by atoms with Gasteiger partial charge in [-0.1, -0.05) is 12.1 Å². The number of aliphatic hydroxyl groups excluding tert-OH is 1. The number of thioether (sulfide) groups is 1. The van der Waals surface area contributed by atoms with Crippen LogP contribution in [0.1, 0.15) is 16.3 Å². The number of anilines is 1. The number of aromatic nitrogens is 2. The number of hydrogen-bond donors (Lipinski definition) is 2. The average Bonchev–Trinajstić information content (AvgIpc) is 3.46. The second-order valence-corrected chi connectivity index (χ2v) is 10.0. The molecule has 8 nitrogen and oxygen atoms in total. The van der Waals surface area contributed by atoms with Crippen molar-refractivity contribution in [1.29, 1.82) is 0 Å². The zero-order valence-corrected chi connectivity index (χ0v) is 22.5. The zero-order chi connectivity index (χ0) is 27.1. The minimum absolute atomic E-state index is 0.0197. The maximum Gasteiger partial charge on any atom is 0.446 e. The number of carbonyl (C=O) groups is 2. The minimum atomic E-state index is -4.26. The molecule has 2 heterocycles. The Hall–Kier alpha value is -2.52. The smallest absolute Gasteiger partial charge is 0.446 e. The maximum absolute atomic E-state index is 11.9. The Morgan fingerprint density at radius 1 is 1.19 bits per heavy atom. The predicted molar refractivity (Wildman–Crippen MR) is 137 cm³/mol. The van der Waals surface area contributed by atoms with E-state index in [9.17, 15) is 23.1 Å². The molecule has 0 aliphatic rings. The first-order valence-corrected chi connectivity index (χ1v) is 12.7. The lowest BCUT2D eigenvalue weighted by molar-refractivity contribution is -0.126. The highest BCUT2D eigenvalue weighted by molar-refractivity contribution is 8.00. The van der Waals surface area contributed by atoms with E-state index in [-0.39, 0.29) is 29.7 Å². The van der Waals surface area contributed by atoms with Crippen LogP contribution in [-0.2, 0) is 33.9 Å². The molecule has 0 bridgehead atoms. The first kappa shape index (κ1) is 31.5. The molecule has 0 amide bonds. The summed E-state index contributed by atoms with van der Waals surface area (Å²) in [6.45, 7) is 1.10. The first-order valence-electron chi connectivity index (χ1n) is 10.2. The molecule has 0 aliphatic heterocycles. The lowest BCUT2D eigenvalue weighted by Gasteiger charge is -2.07. The van der Waals surface area contributed by atoms with Crippen molar-refractivity contribution in [3.05, 3.63) is 45.9 Å². The van der Waals surface area contributed by atoms with E-state index in [4.69, 9.17) is 4.79 Å². The summed E-state index contributed by atoms with van der Waals surface area (Å²) in [6, 6.07) is 5.75. The van der Waals surface area contributed by atoms with E-state index < -0.39 is 5.51 Å². The molecule has 0 saturated heterocycles. The fraction of sp³-hybridized carbons (Fsp3) is 0.364. The van der Waals surface area contributed by atoms with Crippen LogP contribution >= 0.6 is 34.4 Å². The van der Waals surface area contributed by atoms with Gasteiger partial charge in [-0.3, -0.25) is 4.79 Å². The van der Waals surface area contributed by atoms with Gasteiger partial charge in [-0.25, -0.2) is 9.97 Å². The number of aldehydes is 1. The Balaban J connectivity index is 0.000000321. The van der Waals surface area contributed by atoms with Crippen molar-refractivity contribution in [2.24, 2.45) is 0 Å². The third-order valence-electron chi connectivity index (χ3n) is 3.87. The number of ether oxygens (including phenoxy) is 1. The standard InChI is InChI=1S/C11H16N4OS2.C9H7F3OS.C2H4O2/c1-12-11-14-8(6-17-11)10-7(4-15(2)3)13-9(5-16)18-10;10-9(11,12)14-8-3-1-7(2-4-8)5-6-13;1-4-2-3/h6,16H,4-5H2,1-3H3,(H,12,14);1-4,6H,5H2;2H,1H3. The summed E-state index contributed by atoms with van der Waals surface area (Å²) in [5, 5.41) is 15.9.